The summed E-state index contributed by atoms with van der Waals surface area (Å²) in [7, 11) is 0. The first-order chi connectivity index (χ1) is 9.06. The third kappa shape index (κ3) is 3.35. The maximum atomic E-state index is 11.9. The molecule has 7 heteroatoms. The van der Waals surface area contributed by atoms with Gasteiger partial charge < -0.3 is 5.11 Å². The second-order valence-electron chi connectivity index (χ2n) is 3.79. The standard InChI is InChI=1S/C12H11N3O3S/c1-7-9(5-10(16)17)19-12(14-7)15-11(18)8-3-2-4-13-6-8/h2-4,6H,5H2,1H3,(H,16,17)(H,14,15,18). The highest BCUT2D eigenvalue weighted by Gasteiger charge is 2.13. The lowest BCUT2D eigenvalue weighted by Crippen LogP contribution is -2.11. The van der Waals surface area contributed by atoms with Crippen molar-refractivity contribution < 1.29 is 14.7 Å². The molecule has 2 rings (SSSR count). The minimum atomic E-state index is -0.920. The Labute approximate surface area is 113 Å². The molecule has 98 valence electrons. The van der Waals surface area contributed by atoms with Gasteiger partial charge in [0.1, 0.15) is 0 Å². The molecule has 0 unspecified atom stereocenters. The zero-order valence-electron chi connectivity index (χ0n) is 10.1. The summed E-state index contributed by atoms with van der Waals surface area (Å²) in [6.45, 7) is 1.72. The number of nitrogens with zero attached hydrogens (tertiary/aromatic N) is 2. The highest BCUT2D eigenvalue weighted by Crippen LogP contribution is 2.23. The molecule has 0 aliphatic heterocycles. The smallest absolute Gasteiger partial charge is 0.308 e. The number of aliphatic carboxylic acids is 1. The molecular formula is C12H11N3O3S. The van der Waals surface area contributed by atoms with Crippen molar-refractivity contribution in [1.82, 2.24) is 9.97 Å². The molecule has 2 heterocycles. The maximum absolute atomic E-state index is 11.9. The average molecular weight is 277 g/mol. The molecule has 0 saturated heterocycles. The third-order valence-electron chi connectivity index (χ3n) is 2.35. The molecule has 2 N–H and O–H groups in total. The van der Waals surface area contributed by atoms with E-state index in [0.717, 1.165) is 0 Å². The molecule has 0 spiro atoms. The molecule has 0 bridgehead atoms. The van der Waals surface area contributed by atoms with Crippen molar-refractivity contribution >= 4 is 28.3 Å². The van der Waals surface area contributed by atoms with Gasteiger partial charge in [0.25, 0.3) is 5.91 Å². The van der Waals surface area contributed by atoms with Crippen LogP contribution in [0.3, 0.4) is 0 Å². The number of hydrogen-bond acceptors (Lipinski definition) is 5. The van der Waals surface area contributed by atoms with Crippen molar-refractivity contribution in [3.63, 3.8) is 0 Å². The second-order valence-corrected chi connectivity index (χ2v) is 4.88. The number of thiazole rings is 1. The minimum Gasteiger partial charge on any atom is -0.481 e. The zero-order valence-corrected chi connectivity index (χ0v) is 10.9. The normalized spacial score (nSPS) is 10.2. The summed E-state index contributed by atoms with van der Waals surface area (Å²) in [5, 5.41) is 11.8. The first-order valence-corrected chi connectivity index (χ1v) is 6.27. The first-order valence-electron chi connectivity index (χ1n) is 5.45. The highest BCUT2D eigenvalue weighted by molar-refractivity contribution is 7.16. The Balaban J connectivity index is 2.12. The number of aryl methyl sites for hydroxylation is 1. The maximum Gasteiger partial charge on any atom is 0.308 e. The van der Waals surface area contributed by atoms with E-state index >= 15 is 0 Å². The molecular weight excluding hydrogens is 266 g/mol. The van der Waals surface area contributed by atoms with Crippen LogP contribution >= 0.6 is 11.3 Å². The molecule has 0 aromatic carbocycles. The van der Waals surface area contributed by atoms with Gasteiger partial charge in [-0.05, 0) is 19.1 Å². The van der Waals surface area contributed by atoms with Gasteiger partial charge in [-0.3, -0.25) is 19.9 Å². The van der Waals surface area contributed by atoms with Crippen molar-refractivity contribution in [2.75, 3.05) is 5.32 Å². The summed E-state index contributed by atoms with van der Waals surface area (Å²) >= 11 is 1.17. The van der Waals surface area contributed by atoms with Gasteiger partial charge in [0.05, 0.1) is 17.7 Å². The van der Waals surface area contributed by atoms with Crippen molar-refractivity contribution in [1.29, 1.82) is 0 Å². The van der Waals surface area contributed by atoms with E-state index in [1.165, 1.54) is 17.5 Å². The lowest BCUT2D eigenvalue weighted by Gasteiger charge is -1.99. The second kappa shape index (κ2) is 5.57. The Bertz CT molecular complexity index is 610. The third-order valence-corrected chi connectivity index (χ3v) is 3.42. The molecule has 2 aromatic heterocycles. The molecule has 2 aromatic rings. The SMILES string of the molecule is Cc1nc(NC(=O)c2cccnc2)sc1CC(=O)O. The highest BCUT2D eigenvalue weighted by atomic mass is 32.1. The van der Waals surface area contributed by atoms with Crippen LogP contribution in [0.2, 0.25) is 0 Å². The number of carbonyl (C=O) groups excluding carboxylic acids is 1. The van der Waals surface area contributed by atoms with Gasteiger partial charge in [-0.25, -0.2) is 4.98 Å². The number of pyridine rings is 1. The van der Waals surface area contributed by atoms with Gasteiger partial charge in [-0.1, -0.05) is 0 Å². The summed E-state index contributed by atoms with van der Waals surface area (Å²) in [6, 6.07) is 3.30. The summed E-state index contributed by atoms with van der Waals surface area (Å²) in [5.41, 5.74) is 1.05. The van der Waals surface area contributed by atoms with Gasteiger partial charge in [-0.2, -0.15) is 0 Å². The molecule has 6 nitrogen and oxygen atoms in total. The average Bonchev–Trinajstić information content (AvgIpc) is 2.70. The molecule has 0 aliphatic carbocycles. The molecule has 0 fully saturated rings. The van der Waals surface area contributed by atoms with E-state index in [2.05, 4.69) is 15.3 Å². The van der Waals surface area contributed by atoms with Crippen LogP contribution in [-0.4, -0.2) is 27.0 Å². The fourth-order valence-corrected chi connectivity index (χ4v) is 2.40. The summed E-state index contributed by atoms with van der Waals surface area (Å²) in [6.07, 6.45) is 2.94. The van der Waals surface area contributed by atoms with Crippen LogP contribution in [0, 0.1) is 6.92 Å². The molecule has 1 amide bonds. The van der Waals surface area contributed by atoms with E-state index < -0.39 is 5.97 Å². The zero-order chi connectivity index (χ0) is 13.8. The van der Waals surface area contributed by atoms with Crippen LogP contribution in [0.25, 0.3) is 0 Å². The van der Waals surface area contributed by atoms with Gasteiger partial charge in [0.2, 0.25) is 0 Å². The summed E-state index contributed by atoms with van der Waals surface area (Å²) in [4.78, 5) is 31.1. The van der Waals surface area contributed by atoms with Crippen LogP contribution < -0.4 is 5.32 Å². The van der Waals surface area contributed by atoms with Crippen molar-refractivity contribution in [2.45, 2.75) is 13.3 Å². The largest absolute Gasteiger partial charge is 0.481 e. The fourth-order valence-electron chi connectivity index (χ4n) is 1.45. The number of nitrogens with one attached hydrogen (secondary N) is 1. The van der Waals surface area contributed by atoms with E-state index in [9.17, 15) is 9.59 Å². The number of carboxylic acid groups (broad SMARTS) is 1. The molecule has 19 heavy (non-hydrogen) atoms. The topological polar surface area (TPSA) is 92.2 Å². The van der Waals surface area contributed by atoms with E-state index in [1.54, 1.807) is 25.3 Å². The van der Waals surface area contributed by atoms with E-state index in [1.807, 2.05) is 0 Å². The van der Waals surface area contributed by atoms with E-state index in [4.69, 9.17) is 5.11 Å². The van der Waals surface area contributed by atoms with Crippen molar-refractivity contribution in [2.24, 2.45) is 0 Å². The Morgan fingerprint density at radius 2 is 2.26 bits per heavy atom. The first kappa shape index (κ1) is 13.2. The molecule has 0 atom stereocenters. The van der Waals surface area contributed by atoms with Gasteiger partial charge in [0.15, 0.2) is 5.13 Å². The van der Waals surface area contributed by atoms with Crippen LogP contribution in [0.4, 0.5) is 5.13 Å². The Kier molecular flexibility index (Phi) is 3.86. The lowest BCUT2D eigenvalue weighted by atomic mass is 10.3. The molecule has 0 saturated carbocycles. The van der Waals surface area contributed by atoms with Gasteiger partial charge in [-0.15, -0.1) is 11.3 Å². The number of rotatable bonds is 4. The number of hydrogen-bond donors (Lipinski definition) is 2. The van der Waals surface area contributed by atoms with Crippen LogP contribution in [0.5, 0.6) is 0 Å². The minimum absolute atomic E-state index is 0.0910. The number of carboxylic acids is 1. The van der Waals surface area contributed by atoms with E-state index in [0.29, 0.717) is 21.3 Å². The fraction of sp³-hybridized carbons (Fsp3) is 0.167. The summed E-state index contributed by atoms with van der Waals surface area (Å²) < 4.78 is 0. The van der Waals surface area contributed by atoms with Crippen molar-refractivity contribution in [3.05, 3.63) is 40.7 Å². The molecule has 0 radical (unpaired) electrons. The Morgan fingerprint density at radius 1 is 1.47 bits per heavy atom. The van der Waals surface area contributed by atoms with Crippen molar-refractivity contribution in [3.8, 4) is 0 Å². The summed E-state index contributed by atoms with van der Waals surface area (Å²) in [5.74, 6) is -1.24. The Hall–Kier alpha value is -2.28. The van der Waals surface area contributed by atoms with Crippen LogP contribution in [-0.2, 0) is 11.2 Å². The number of aromatic nitrogens is 2. The number of amides is 1. The number of carbonyl (C=O) groups is 2. The molecule has 0 aliphatic rings. The van der Waals surface area contributed by atoms with E-state index in [-0.39, 0.29) is 12.3 Å². The lowest BCUT2D eigenvalue weighted by molar-refractivity contribution is -0.136. The quantitative estimate of drug-likeness (QED) is 0.887. The van der Waals surface area contributed by atoms with Crippen LogP contribution in [0.15, 0.2) is 24.5 Å². The Morgan fingerprint density at radius 3 is 2.89 bits per heavy atom. The van der Waals surface area contributed by atoms with Gasteiger partial charge in [0, 0.05) is 17.3 Å². The predicted octanol–water partition coefficient (Wildman–Crippen LogP) is 1.73. The number of anilines is 1. The van der Waals surface area contributed by atoms with Gasteiger partial charge >= 0.3 is 5.97 Å². The predicted molar refractivity (Wildman–Crippen MR) is 70.4 cm³/mol. The monoisotopic (exact) mass is 277 g/mol. The van der Waals surface area contributed by atoms with Crippen LogP contribution in [0.1, 0.15) is 20.9 Å².